The second-order valence-electron chi connectivity index (χ2n) is 6.85. The van der Waals surface area contributed by atoms with E-state index in [2.05, 4.69) is 11.4 Å². The Labute approximate surface area is 173 Å². The number of ether oxygens (including phenoxy) is 1. The molecule has 28 heavy (non-hydrogen) atoms. The van der Waals surface area contributed by atoms with Crippen LogP contribution in [0.1, 0.15) is 32.1 Å². The van der Waals surface area contributed by atoms with Crippen LogP contribution in [0.25, 0.3) is 10.8 Å². The molecule has 0 radical (unpaired) electrons. The van der Waals surface area contributed by atoms with Crippen LogP contribution in [0.4, 0.5) is 0 Å². The summed E-state index contributed by atoms with van der Waals surface area (Å²) in [5.74, 6) is -0.852. The molecule has 0 aliphatic heterocycles. The second-order valence-corrected chi connectivity index (χ2v) is 8.27. The molecule has 0 spiro atoms. The van der Waals surface area contributed by atoms with E-state index in [4.69, 9.17) is 16.3 Å². The maximum Gasteiger partial charge on any atom is 0.316 e. The zero-order chi connectivity index (χ0) is 20.0. The molecule has 2 aromatic carbocycles. The lowest BCUT2D eigenvalue weighted by molar-refractivity contribution is -0.146. The molecule has 3 rings (SSSR count). The number of carbonyl (C=O) groups is 2. The van der Waals surface area contributed by atoms with Crippen molar-refractivity contribution in [2.75, 3.05) is 12.4 Å². The summed E-state index contributed by atoms with van der Waals surface area (Å²) in [7, 11) is 0. The number of nitriles is 1. The fourth-order valence-corrected chi connectivity index (χ4v) is 4.67. The van der Waals surface area contributed by atoms with Crippen LogP contribution in [0, 0.1) is 11.3 Å². The number of fused-ring (bicyclic) bond motifs is 1. The van der Waals surface area contributed by atoms with Gasteiger partial charge in [-0.05, 0) is 30.4 Å². The largest absolute Gasteiger partial charge is 0.455 e. The van der Waals surface area contributed by atoms with E-state index in [0.717, 1.165) is 34.9 Å². The lowest BCUT2D eigenvalue weighted by Crippen LogP contribution is -2.50. The highest BCUT2D eigenvalue weighted by molar-refractivity contribution is 8.00. The van der Waals surface area contributed by atoms with Crippen LogP contribution in [-0.2, 0) is 14.3 Å². The molecule has 1 N–H and O–H groups in total. The Kier molecular flexibility index (Phi) is 6.82. The normalized spacial score (nSPS) is 15.6. The summed E-state index contributed by atoms with van der Waals surface area (Å²) >= 11 is 7.61. The fourth-order valence-electron chi connectivity index (χ4n) is 3.43. The Hall–Kier alpha value is -2.23. The number of nitrogens with one attached hydrogen (secondary N) is 1. The van der Waals surface area contributed by atoms with Gasteiger partial charge in [-0.15, -0.1) is 11.8 Å². The smallest absolute Gasteiger partial charge is 0.316 e. The summed E-state index contributed by atoms with van der Waals surface area (Å²) in [4.78, 5) is 25.1. The number of rotatable bonds is 6. The van der Waals surface area contributed by atoms with Crippen molar-refractivity contribution in [3.8, 4) is 6.07 Å². The summed E-state index contributed by atoms with van der Waals surface area (Å²) in [5.41, 5.74) is -0.823. The highest BCUT2D eigenvalue weighted by atomic mass is 35.5. The van der Waals surface area contributed by atoms with Crippen molar-refractivity contribution in [2.24, 2.45) is 0 Å². The van der Waals surface area contributed by atoms with Crippen LogP contribution in [0.15, 0.2) is 41.3 Å². The molecule has 5 nitrogen and oxygen atoms in total. The van der Waals surface area contributed by atoms with Gasteiger partial charge in [0.15, 0.2) is 6.61 Å². The number of hydrogen-bond acceptors (Lipinski definition) is 5. The SMILES string of the molecule is N#CC1(NC(=O)COC(=O)CSc2cccc3cccc(Cl)c23)CCCCC1. The molecule has 1 amide bonds. The zero-order valence-corrected chi connectivity index (χ0v) is 16.9. The number of benzene rings is 2. The van der Waals surface area contributed by atoms with Gasteiger partial charge in [0.2, 0.25) is 0 Å². The molecule has 1 saturated carbocycles. The van der Waals surface area contributed by atoms with Gasteiger partial charge in [0, 0.05) is 15.3 Å². The standard InChI is InChI=1S/C21H21ClN2O3S/c22-16-8-4-6-15-7-5-9-17(20(15)16)28-13-19(26)27-12-18(25)24-21(14-23)10-2-1-3-11-21/h4-9H,1-3,10-13H2,(H,24,25). The summed E-state index contributed by atoms with van der Waals surface area (Å²) in [6.45, 7) is -0.376. The third kappa shape index (κ3) is 4.98. The number of halogens is 1. The molecule has 0 unspecified atom stereocenters. The molecule has 0 saturated heterocycles. The zero-order valence-electron chi connectivity index (χ0n) is 15.4. The minimum Gasteiger partial charge on any atom is -0.455 e. The van der Waals surface area contributed by atoms with E-state index < -0.39 is 17.4 Å². The average Bonchev–Trinajstić information content (AvgIpc) is 2.71. The Bertz CT molecular complexity index is 914. The molecule has 1 fully saturated rings. The van der Waals surface area contributed by atoms with Crippen LogP contribution in [-0.4, -0.2) is 29.8 Å². The van der Waals surface area contributed by atoms with Crippen LogP contribution < -0.4 is 5.32 Å². The van der Waals surface area contributed by atoms with Gasteiger partial charge in [0.1, 0.15) is 5.54 Å². The van der Waals surface area contributed by atoms with Crippen molar-refractivity contribution >= 4 is 46.0 Å². The number of carbonyl (C=O) groups excluding carboxylic acids is 2. The number of thioether (sulfide) groups is 1. The second kappa shape index (κ2) is 9.31. The predicted molar refractivity (Wildman–Crippen MR) is 110 cm³/mol. The van der Waals surface area contributed by atoms with Crippen molar-refractivity contribution in [1.82, 2.24) is 5.32 Å². The molecule has 0 bridgehead atoms. The summed E-state index contributed by atoms with van der Waals surface area (Å²) in [5, 5.41) is 14.7. The van der Waals surface area contributed by atoms with Gasteiger partial charge >= 0.3 is 5.97 Å². The molecule has 146 valence electrons. The topological polar surface area (TPSA) is 79.2 Å². The van der Waals surface area contributed by atoms with Gasteiger partial charge in [-0.1, -0.05) is 55.1 Å². The predicted octanol–water partition coefficient (Wildman–Crippen LogP) is 4.47. The van der Waals surface area contributed by atoms with Crippen molar-refractivity contribution in [3.63, 3.8) is 0 Å². The lowest BCUT2D eigenvalue weighted by Gasteiger charge is -2.31. The molecule has 7 heteroatoms. The Morgan fingerprint density at radius 3 is 2.61 bits per heavy atom. The van der Waals surface area contributed by atoms with Gasteiger partial charge in [-0.3, -0.25) is 9.59 Å². The number of hydrogen-bond donors (Lipinski definition) is 1. The highest BCUT2D eigenvalue weighted by Gasteiger charge is 2.33. The van der Waals surface area contributed by atoms with Crippen molar-refractivity contribution in [1.29, 1.82) is 5.26 Å². The van der Waals surface area contributed by atoms with Gasteiger partial charge in [-0.25, -0.2) is 0 Å². The first-order chi connectivity index (χ1) is 13.5. The van der Waals surface area contributed by atoms with Crippen molar-refractivity contribution in [2.45, 2.75) is 42.5 Å². The van der Waals surface area contributed by atoms with Gasteiger partial charge in [0.05, 0.1) is 11.8 Å². The summed E-state index contributed by atoms with van der Waals surface area (Å²) in [6.07, 6.45) is 4.18. The Morgan fingerprint density at radius 2 is 1.89 bits per heavy atom. The molecule has 0 heterocycles. The van der Waals surface area contributed by atoms with E-state index in [9.17, 15) is 14.9 Å². The number of amides is 1. The molecule has 1 aliphatic rings. The molecule has 0 aromatic heterocycles. The van der Waals surface area contributed by atoms with E-state index in [-0.39, 0.29) is 12.4 Å². The Morgan fingerprint density at radius 1 is 1.18 bits per heavy atom. The van der Waals surface area contributed by atoms with Crippen LogP contribution in [0.5, 0.6) is 0 Å². The monoisotopic (exact) mass is 416 g/mol. The van der Waals surface area contributed by atoms with Gasteiger partial charge in [-0.2, -0.15) is 5.26 Å². The minimum absolute atomic E-state index is 0.0704. The molecular formula is C21H21ClN2O3S. The average molecular weight is 417 g/mol. The van der Waals surface area contributed by atoms with Crippen molar-refractivity contribution < 1.29 is 14.3 Å². The molecule has 2 aromatic rings. The van der Waals surface area contributed by atoms with Gasteiger partial charge < -0.3 is 10.1 Å². The third-order valence-electron chi connectivity index (χ3n) is 4.83. The summed E-state index contributed by atoms with van der Waals surface area (Å²) < 4.78 is 5.08. The first kappa shape index (κ1) is 20.5. The number of esters is 1. The van der Waals surface area contributed by atoms with Gasteiger partial charge in [0.25, 0.3) is 5.91 Å². The first-order valence-corrected chi connectivity index (χ1v) is 10.6. The molecule has 1 aliphatic carbocycles. The minimum atomic E-state index is -0.823. The third-order valence-corrected chi connectivity index (χ3v) is 6.17. The lowest BCUT2D eigenvalue weighted by atomic mass is 9.83. The number of nitrogens with zero attached hydrogens (tertiary/aromatic N) is 1. The van der Waals surface area contributed by atoms with Crippen LogP contribution in [0.2, 0.25) is 5.02 Å². The maximum atomic E-state index is 12.1. The fraction of sp³-hybridized carbons (Fsp3) is 0.381. The molecule has 0 atom stereocenters. The van der Waals surface area contributed by atoms with E-state index >= 15 is 0 Å². The van der Waals surface area contributed by atoms with Crippen LogP contribution >= 0.6 is 23.4 Å². The Balaban J connectivity index is 1.51. The van der Waals surface area contributed by atoms with E-state index in [1.165, 1.54) is 11.8 Å². The van der Waals surface area contributed by atoms with E-state index in [1.807, 2.05) is 36.4 Å². The first-order valence-electron chi connectivity index (χ1n) is 9.21. The van der Waals surface area contributed by atoms with Crippen molar-refractivity contribution in [3.05, 3.63) is 41.4 Å². The highest BCUT2D eigenvalue weighted by Crippen LogP contribution is 2.33. The summed E-state index contributed by atoms with van der Waals surface area (Å²) in [6, 6.07) is 13.6. The van der Waals surface area contributed by atoms with E-state index in [0.29, 0.717) is 17.9 Å². The molecular weight excluding hydrogens is 396 g/mol. The quantitative estimate of drug-likeness (QED) is 0.555. The maximum absolute atomic E-state index is 12.1. The van der Waals surface area contributed by atoms with E-state index in [1.54, 1.807) is 0 Å². The van der Waals surface area contributed by atoms with Crippen LogP contribution in [0.3, 0.4) is 0 Å².